The first kappa shape index (κ1) is 24.6. The van der Waals surface area contributed by atoms with E-state index in [2.05, 4.69) is 16.7 Å². The summed E-state index contributed by atoms with van der Waals surface area (Å²) in [7, 11) is 0. The number of pyridine rings is 1. The minimum atomic E-state index is -1.02. The second-order valence-corrected chi connectivity index (χ2v) is 7.98. The number of carbonyl (C=O) groups excluding carboxylic acids is 3. The highest BCUT2D eigenvalue weighted by molar-refractivity contribution is 7.99. The summed E-state index contributed by atoms with van der Waals surface area (Å²) in [5.41, 5.74) is -0.807. The molecule has 0 N–H and O–H groups in total. The number of halogens is 1. The van der Waals surface area contributed by atoms with Crippen LogP contribution in [0.3, 0.4) is 0 Å². The molecule has 2 heterocycles. The Morgan fingerprint density at radius 1 is 1.26 bits per heavy atom. The van der Waals surface area contributed by atoms with Crippen molar-refractivity contribution >= 4 is 48.0 Å². The first-order chi connectivity index (χ1) is 14.7. The van der Waals surface area contributed by atoms with Gasteiger partial charge in [0.05, 0.1) is 5.02 Å². The number of hydrogen-bond donors (Lipinski definition) is 0. The zero-order valence-electron chi connectivity index (χ0n) is 16.9. The number of nitrogens with zero attached hydrogens (tertiary/aromatic N) is 3. The number of thioether (sulfide) groups is 1. The average molecular weight is 470 g/mol. The summed E-state index contributed by atoms with van der Waals surface area (Å²) in [5.74, 6) is -1.78. The van der Waals surface area contributed by atoms with E-state index in [0.717, 1.165) is 11.8 Å². The first-order valence-corrected chi connectivity index (χ1v) is 10.2. The van der Waals surface area contributed by atoms with E-state index in [4.69, 9.17) is 35.8 Å². The van der Waals surface area contributed by atoms with Crippen molar-refractivity contribution in [1.82, 2.24) is 4.98 Å². The SMILES string of the molecule is C=NC1C(OC(C)=O)[C@@H](Sc2cnc(C#N)c(Cl)c2)OC(COC(C)=O)[C@@H]1OC(C)=O. The predicted octanol–water partition coefficient (Wildman–Crippen LogP) is 1.92. The van der Waals surface area contributed by atoms with Crippen LogP contribution in [-0.4, -0.2) is 66.0 Å². The molecule has 1 fully saturated rings. The molecule has 31 heavy (non-hydrogen) atoms. The van der Waals surface area contributed by atoms with E-state index in [-0.39, 0.29) is 17.3 Å². The van der Waals surface area contributed by atoms with E-state index in [0.29, 0.717) is 4.90 Å². The molecule has 1 aromatic heterocycles. The summed E-state index contributed by atoms with van der Waals surface area (Å²) in [6.45, 7) is 6.95. The van der Waals surface area contributed by atoms with E-state index >= 15 is 0 Å². The van der Waals surface area contributed by atoms with Crippen molar-refractivity contribution in [3.05, 3.63) is 23.0 Å². The van der Waals surface area contributed by atoms with Crippen molar-refractivity contribution in [2.45, 2.75) is 55.5 Å². The molecule has 2 rings (SSSR count). The van der Waals surface area contributed by atoms with Crippen LogP contribution in [0.1, 0.15) is 26.5 Å². The van der Waals surface area contributed by atoms with Gasteiger partial charge in [-0.05, 0) is 12.8 Å². The first-order valence-electron chi connectivity index (χ1n) is 8.97. The van der Waals surface area contributed by atoms with Crippen LogP contribution in [0.15, 0.2) is 22.2 Å². The molecule has 12 heteroatoms. The highest BCUT2D eigenvalue weighted by atomic mass is 35.5. The molecule has 0 aromatic carbocycles. The summed E-state index contributed by atoms with van der Waals surface area (Å²) in [6.07, 6.45) is -1.50. The molecule has 0 radical (unpaired) electrons. The second kappa shape index (κ2) is 11.1. The molecule has 10 nitrogen and oxygen atoms in total. The maximum Gasteiger partial charge on any atom is 0.303 e. The van der Waals surface area contributed by atoms with Crippen LogP contribution in [0.4, 0.5) is 0 Å². The molecule has 5 atom stereocenters. The fraction of sp³-hybridized carbons (Fsp3) is 0.474. The fourth-order valence-electron chi connectivity index (χ4n) is 2.89. The minimum Gasteiger partial charge on any atom is -0.463 e. The molecule has 3 unspecified atom stereocenters. The Hall–Kier alpha value is -2.68. The van der Waals surface area contributed by atoms with Gasteiger partial charge >= 0.3 is 17.9 Å². The highest BCUT2D eigenvalue weighted by Gasteiger charge is 2.50. The summed E-state index contributed by atoms with van der Waals surface area (Å²) in [5, 5.41) is 9.13. The van der Waals surface area contributed by atoms with E-state index in [1.165, 1.54) is 33.0 Å². The number of hydrogen-bond acceptors (Lipinski definition) is 11. The monoisotopic (exact) mass is 469 g/mol. The van der Waals surface area contributed by atoms with Crippen molar-refractivity contribution in [3.8, 4) is 6.07 Å². The standard InChI is InChI=1S/C19H20ClN3O7S/c1-9(24)27-8-15-17(28-10(2)25)16(22-4)18(29-11(3)26)19(30-15)31-12-5-13(20)14(6-21)23-7-12/h5,7,15-19H,4,8H2,1-3H3/t15?,16?,17-,18?,19+/m0/s1. The number of nitriles is 1. The second-order valence-electron chi connectivity index (χ2n) is 6.40. The maximum atomic E-state index is 11.7. The Balaban J connectivity index is 2.40. The van der Waals surface area contributed by atoms with Crippen LogP contribution < -0.4 is 0 Å². The molecule has 0 amide bonds. The molecular weight excluding hydrogens is 450 g/mol. The largest absolute Gasteiger partial charge is 0.463 e. The lowest BCUT2D eigenvalue weighted by atomic mass is 9.97. The van der Waals surface area contributed by atoms with Crippen LogP contribution in [0.2, 0.25) is 5.02 Å². The van der Waals surface area contributed by atoms with E-state index in [1.54, 1.807) is 0 Å². The third-order valence-corrected chi connectivity index (χ3v) is 5.45. The molecule has 0 spiro atoms. The zero-order valence-corrected chi connectivity index (χ0v) is 18.5. The van der Waals surface area contributed by atoms with Crippen LogP contribution in [0.5, 0.6) is 0 Å². The van der Waals surface area contributed by atoms with Crippen molar-refractivity contribution in [3.63, 3.8) is 0 Å². The normalized spacial score (nSPS) is 25.1. The molecule has 0 saturated carbocycles. The van der Waals surface area contributed by atoms with Gasteiger partial charge in [0.25, 0.3) is 0 Å². The number of esters is 3. The molecule has 0 aliphatic carbocycles. The Morgan fingerprint density at radius 2 is 1.90 bits per heavy atom. The van der Waals surface area contributed by atoms with Gasteiger partial charge in [0.15, 0.2) is 17.9 Å². The maximum absolute atomic E-state index is 11.7. The lowest BCUT2D eigenvalue weighted by Crippen LogP contribution is -2.59. The number of aliphatic imine (C=N–C) groups is 1. The lowest BCUT2D eigenvalue weighted by molar-refractivity contribution is -0.200. The van der Waals surface area contributed by atoms with Crippen LogP contribution in [0.25, 0.3) is 0 Å². The van der Waals surface area contributed by atoms with Crippen molar-refractivity contribution < 1.29 is 33.3 Å². The summed E-state index contributed by atoms with van der Waals surface area (Å²) < 4.78 is 21.8. The van der Waals surface area contributed by atoms with Gasteiger partial charge in [0, 0.05) is 31.9 Å². The van der Waals surface area contributed by atoms with Crippen molar-refractivity contribution in [2.75, 3.05) is 6.61 Å². The smallest absolute Gasteiger partial charge is 0.303 e. The summed E-state index contributed by atoms with van der Waals surface area (Å²) >= 11 is 7.15. The van der Waals surface area contributed by atoms with Gasteiger partial charge in [0.2, 0.25) is 0 Å². The van der Waals surface area contributed by atoms with E-state index in [9.17, 15) is 14.4 Å². The number of rotatable bonds is 7. The van der Waals surface area contributed by atoms with E-state index < -0.39 is 47.7 Å². The molecule has 1 aliphatic heterocycles. The Labute approximate surface area is 187 Å². The van der Waals surface area contributed by atoms with Gasteiger partial charge in [-0.1, -0.05) is 23.4 Å². The summed E-state index contributed by atoms with van der Waals surface area (Å²) in [6, 6.07) is 2.48. The molecule has 1 saturated heterocycles. The average Bonchev–Trinajstić information content (AvgIpc) is 2.68. The lowest BCUT2D eigenvalue weighted by Gasteiger charge is -2.43. The van der Waals surface area contributed by atoms with Gasteiger partial charge in [-0.2, -0.15) is 5.26 Å². The number of carbonyl (C=O) groups is 3. The summed E-state index contributed by atoms with van der Waals surface area (Å²) in [4.78, 5) is 43.2. The molecule has 1 aromatic rings. The van der Waals surface area contributed by atoms with Gasteiger partial charge in [-0.25, -0.2) is 4.98 Å². The third-order valence-electron chi connectivity index (χ3n) is 4.06. The van der Waals surface area contributed by atoms with Crippen LogP contribution >= 0.6 is 23.4 Å². The van der Waals surface area contributed by atoms with E-state index in [1.807, 2.05) is 6.07 Å². The quantitative estimate of drug-likeness (QED) is 0.330. The third kappa shape index (κ3) is 6.65. The molecule has 0 bridgehead atoms. The van der Waals surface area contributed by atoms with Gasteiger partial charge < -0.3 is 18.9 Å². The Kier molecular flexibility index (Phi) is 8.79. The van der Waals surface area contributed by atoms with Gasteiger partial charge in [-0.15, -0.1) is 0 Å². The molecular formula is C19H20ClN3O7S. The number of aromatic nitrogens is 1. The van der Waals surface area contributed by atoms with Crippen LogP contribution in [-0.2, 0) is 33.3 Å². The fourth-order valence-corrected chi connectivity index (χ4v) is 4.28. The van der Waals surface area contributed by atoms with Crippen molar-refractivity contribution in [2.24, 2.45) is 4.99 Å². The van der Waals surface area contributed by atoms with Crippen molar-refractivity contribution in [1.29, 1.82) is 5.26 Å². The predicted molar refractivity (Wildman–Crippen MR) is 110 cm³/mol. The van der Waals surface area contributed by atoms with Crippen LogP contribution in [0, 0.1) is 11.3 Å². The highest BCUT2D eigenvalue weighted by Crippen LogP contribution is 2.38. The van der Waals surface area contributed by atoms with Gasteiger partial charge in [0.1, 0.15) is 30.3 Å². The topological polar surface area (TPSA) is 137 Å². The number of ether oxygens (including phenoxy) is 4. The Bertz CT molecular complexity index is 907. The van der Waals surface area contributed by atoms with Gasteiger partial charge in [-0.3, -0.25) is 19.4 Å². The molecule has 166 valence electrons. The Morgan fingerprint density at radius 3 is 2.42 bits per heavy atom. The minimum absolute atomic E-state index is 0.0559. The molecule has 1 aliphatic rings. The zero-order chi connectivity index (χ0) is 23.1.